The van der Waals surface area contributed by atoms with Crippen molar-refractivity contribution in [2.75, 3.05) is 5.32 Å². The van der Waals surface area contributed by atoms with Crippen LogP contribution in [-0.4, -0.2) is 15.7 Å². The van der Waals surface area contributed by atoms with E-state index in [1.807, 2.05) is 38.1 Å². The molecule has 1 amide bonds. The smallest absolute Gasteiger partial charge is 0.262 e. The number of hydrogen-bond donors (Lipinski definition) is 1. The van der Waals surface area contributed by atoms with E-state index >= 15 is 0 Å². The van der Waals surface area contributed by atoms with E-state index in [1.165, 1.54) is 7.05 Å². The van der Waals surface area contributed by atoms with E-state index in [1.54, 1.807) is 6.92 Å². The minimum Gasteiger partial charge on any atom is -0.322 e. The summed E-state index contributed by atoms with van der Waals surface area (Å²) in [6, 6.07) is 7.69. The highest BCUT2D eigenvalue weighted by molar-refractivity contribution is 6.05. The van der Waals surface area contributed by atoms with Crippen molar-refractivity contribution in [2.24, 2.45) is 13.0 Å². The van der Waals surface area contributed by atoms with Crippen LogP contribution < -0.4 is 5.32 Å². The summed E-state index contributed by atoms with van der Waals surface area (Å²) in [5.74, 6) is -0.205. The molecule has 1 aromatic carbocycles. The van der Waals surface area contributed by atoms with E-state index in [-0.39, 0.29) is 5.56 Å². The number of amides is 1. The lowest BCUT2D eigenvalue weighted by atomic mass is 9.91. The topological polar surface area (TPSA) is 46.9 Å². The van der Waals surface area contributed by atoms with Gasteiger partial charge in [0.15, 0.2) is 0 Å². The first-order valence-electron chi connectivity index (χ1n) is 8.90. The third-order valence-corrected chi connectivity index (χ3v) is 3.94. The highest BCUT2D eigenvalue weighted by Crippen LogP contribution is 2.29. The van der Waals surface area contributed by atoms with Crippen molar-refractivity contribution in [1.29, 1.82) is 0 Å². The van der Waals surface area contributed by atoms with E-state index in [2.05, 4.69) is 31.2 Å². The van der Waals surface area contributed by atoms with Crippen LogP contribution in [0.5, 0.6) is 0 Å². The number of carbonyl (C=O) groups excluding carboxylic acids is 1. The van der Waals surface area contributed by atoms with Gasteiger partial charge in [-0.1, -0.05) is 52.8 Å². The summed E-state index contributed by atoms with van der Waals surface area (Å²) in [6.07, 6.45) is 1.02. The Morgan fingerprint density at radius 1 is 1.24 bits per heavy atom. The third-order valence-electron chi connectivity index (χ3n) is 3.94. The minimum atomic E-state index is -0.618. The van der Waals surface area contributed by atoms with Crippen molar-refractivity contribution in [3.63, 3.8) is 0 Å². The number of benzene rings is 1. The number of aromatic nitrogens is 2. The molecule has 0 spiro atoms. The lowest BCUT2D eigenvalue weighted by molar-refractivity contribution is 0.102. The molecule has 0 aliphatic rings. The fourth-order valence-electron chi connectivity index (χ4n) is 2.95. The molecule has 0 bridgehead atoms. The second kappa shape index (κ2) is 9.35. The Bertz CT molecular complexity index is 707. The summed E-state index contributed by atoms with van der Waals surface area (Å²) in [7, 11) is 1.48. The highest BCUT2D eigenvalue weighted by Gasteiger charge is 2.22. The zero-order valence-corrected chi connectivity index (χ0v) is 16.4. The van der Waals surface area contributed by atoms with Gasteiger partial charge in [-0.2, -0.15) is 9.49 Å². The van der Waals surface area contributed by atoms with Crippen molar-refractivity contribution in [3.05, 3.63) is 47.0 Å². The van der Waals surface area contributed by atoms with Crippen LogP contribution >= 0.6 is 0 Å². The van der Waals surface area contributed by atoms with Gasteiger partial charge in [-0.05, 0) is 36.8 Å². The monoisotopic (exact) mass is 347 g/mol. The van der Waals surface area contributed by atoms with Gasteiger partial charge in [0.2, 0.25) is 5.95 Å². The van der Waals surface area contributed by atoms with Gasteiger partial charge in [-0.3, -0.25) is 4.79 Å². The Labute approximate surface area is 150 Å². The Hall–Kier alpha value is -2.17. The van der Waals surface area contributed by atoms with Gasteiger partial charge in [-0.15, -0.1) is 0 Å². The van der Waals surface area contributed by atoms with Crippen LogP contribution in [0.3, 0.4) is 0 Å². The molecular formula is C20H30FN3O. The SMILES string of the molecule is CC.Cc1nn(C)c(F)c1C(=O)Nc1ccccc1C(C)CC(C)C. The molecule has 1 heterocycles. The van der Waals surface area contributed by atoms with E-state index in [0.717, 1.165) is 22.4 Å². The van der Waals surface area contributed by atoms with Gasteiger partial charge in [0.1, 0.15) is 5.56 Å². The van der Waals surface area contributed by atoms with Crippen LogP contribution in [0, 0.1) is 18.8 Å². The maximum absolute atomic E-state index is 14.0. The molecule has 2 rings (SSSR count). The predicted octanol–water partition coefficient (Wildman–Crippen LogP) is 5.30. The Morgan fingerprint density at radius 2 is 1.84 bits per heavy atom. The van der Waals surface area contributed by atoms with Gasteiger partial charge < -0.3 is 5.32 Å². The molecule has 1 atom stereocenters. The molecule has 0 radical (unpaired) electrons. The van der Waals surface area contributed by atoms with Crippen LogP contribution in [0.4, 0.5) is 10.1 Å². The number of nitrogens with zero attached hydrogens (tertiary/aromatic N) is 2. The number of anilines is 1. The van der Waals surface area contributed by atoms with E-state index in [4.69, 9.17) is 0 Å². The average Bonchev–Trinajstić information content (AvgIpc) is 2.81. The van der Waals surface area contributed by atoms with E-state index in [9.17, 15) is 9.18 Å². The molecule has 0 aliphatic heterocycles. The second-order valence-electron chi connectivity index (χ2n) is 6.45. The standard InChI is InChI=1S/C18H24FN3O.C2H6/c1-11(2)10-12(3)14-8-6-7-9-15(14)20-18(23)16-13(4)21-22(5)17(16)19;1-2/h6-9,11-12H,10H2,1-5H3,(H,20,23);1-2H3. The maximum Gasteiger partial charge on any atom is 0.262 e. The summed E-state index contributed by atoms with van der Waals surface area (Å²) in [5, 5.41) is 6.79. The lowest BCUT2D eigenvalue weighted by Crippen LogP contribution is -2.16. The lowest BCUT2D eigenvalue weighted by Gasteiger charge is -2.18. The molecule has 4 nitrogen and oxygen atoms in total. The van der Waals surface area contributed by atoms with Crippen molar-refractivity contribution in [3.8, 4) is 0 Å². The third kappa shape index (κ3) is 5.15. The summed E-state index contributed by atoms with van der Waals surface area (Å²) in [4.78, 5) is 12.5. The fraction of sp³-hybridized carbons (Fsp3) is 0.500. The van der Waals surface area contributed by atoms with Gasteiger partial charge in [0, 0.05) is 12.7 Å². The quantitative estimate of drug-likeness (QED) is 0.798. The molecule has 0 saturated carbocycles. The molecule has 25 heavy (non-hydrogen) atoms. The molecule has 1 unspecified atom stereocenters. The molecule has 1 aromatic heterocycles. The molecule has 2 aromatic rings. The summed E-state index contributed by atoms with van der Waals surface area (Å²) < 4.78 is 15.1. The molecule has 0 aliphatic carbocycles. The van der Waals surface area contributed by atoms with Gasteiger partial charge in [0.05, 0.1) is 5.69 Å². The molecule has 0 saturated heterocycles. The predicted molar refractivity (Wildman–Crippen MR) is 102 cm³/mol. The van der Waals surface area contributed by atoms with Crippen LogP contribution in [0.1, 0.15) is 68.6 Å². The van der Waals surface area contributed by atoms with Crippen molar-refractivity contribution in [2.45, 2.75) is 53.9 Å². The first-order valence-corrected chi connectivity index (χ1v) is 8.90. The Kier molecular flexibility index (Phi) is 7.81. The Morgan fingerprint density at radius 3 is 2.36 bits per heavy atom. The number of halogens is 1. The minimum absolute atomic E-state index is 0.00110. The number of para-hydroxylation sites is 1. The van der Waals surface area contributed by atoms with E-state index in [0.29, 0.717) is 17.5 Å². The average molecular weight is 347 g/mol. The Balaban J connectivity index is 0.00000151. The molecule has 1 N–H and O–H groups in total. The summed E-state index contributed by atoms with van der Waals surface area (Å²) in [6.45, 7) is 12.1. The number of aryl methyl sites for hydroxylation is 2. The first kappa shape index (κ1) is 20.9. The molecule has 0 fully saturated rings. The number of nitrogens with one attached hydrogen (secondary N) is 1. The number of hydrogen-bond acceptors (Lipinski definition) is 2. The normalized spacial score (nSPS) is 11.7. The van der Waals surface area contributed by atoms with Crippen molar-refractivity contribution >= 4 is 11.6 Å². The second-order valence-corrected chi connectivity index (χ2v) is 6.45. The van der Waals surface area contributed by atoms with Gasteiger partial charge in [0.25, 0.3) is 5.91 Å². The summed E-state index contributed by atoms with van der Waals surface area (Å²) in [5.41, 5.74) is 2.18. The zero-order chi connectivity index (χ0) is 19.1. The zero-order valence-electron chi connectivity index (χ0n) is 16.4. The van der Waals surface area contributed by atoms with Crippen molar-refractivity contribution < 1.29 is 9.18 Å². The fourth-order valence-corrected chi connectivity index (χ4v) is 2.95. The molecule has 5 heteroatoms. The van der Waals surface area contributed by atoms with E-state index < -0.39 is 11.9 Å². The summed E-state index contributed by atoms with van der Waals surface area (Å²) >= 11 is 0. The number of rotatable bonds is 5. The maximum atomic E-state index is 14.0. The largest absolute Gasteiger partial charge is 0.322 e. The number of carbonyl (C=O) groups is 1. The van der Waals surface area contributed by atoms with Crippen LogP contribution in [-0.2, 0) is 7.05 Å². The first-order chi connectivity index (χ1) is 11.8. The van der Waals surface area contributed by atoms with Crippen molar-refractivity contribution in [1.82, 2.24) is 9.78 Å². The van der Waals surface area contributed by atoms with Gasteiger partial charge in [-0.25, -0.2) is 4.68 Å². The molecular weight excluding hydrogens is 317 g/mol. The van der Waals surface area contributed by atoms with Crippen LogP contribution in [0.15, 0.2) is 24.3 Å². The highest BCUT2D eigenvalue weighted by atomic mass is 19.1. The van der Waals surface area contributed by atoms with Crippen LogP contribution in [0.25, 0.3) is 0 Å². The van der Waals surface area contributed by atoms with Gasteiger partial charge >= 0.3 is 0 Å². The van der Waals surface area contributed by atoms with Crippen LogP contribution in [0.2, 0.25) is 0 Å². The molecule has 138 valence electrons.